The van der Waals surface area contributed by atoms with Crippen molar-refractivity contribution in [3.8, 4) is 11.4 Å². The molecule has 2 saturated heterocycles. The minimum absolute atomic E-state index is 0.0471. The molecular formula is C35H40ClN9O4. The van der Waals surface area contributed by atoms with Gasteiger partial charge in [-0.1, -0.05) is 30.7 Å². The Morgan fingerprint density at radius 2 is 1.71 bits per heavy atom. The number of piperazine rings is 1. The molecule has 5 heterocycles. The SMILES string of the molecule is CCC(C)n1ncn(-c2ccc(N3CCN(c4ccc(OC[C@@H]5CO[C@@](Cn6nccn6)(c6ccc(C)cc6Cl)O5)cc4)CC3)nc2)c1=O. The normalized spacial score (nSPS) is 20.1. The summed E-state index contributed by atoms with van der Waals surface area (Å²) < 4.78 is 22.0. The molecule has 2 aliphatic rings. The Morgan fingerprint density at radius 3 is 2.41 bits per heavy atom. The molecule has 3 atom stereocenters. The highest BCUT2D eigenvalue weighted by Crippen LogP contribution is 2.40. The second kappa shape index (κ2) is 14.0. The van der Waals surface area contributed by atoms with Crippen LogP contribution in [0.25, 0.3) is 5.69 Å². The predicted molar refractivity (Wildman–Crippen MR) is 186 cm³/mol. The first-order valence-electron chi connectivity index (χ1n) is 16.6. The van der Waals surface area contributed by atoms with Crippen molar-refractivity contribution >= 4 is 23.1 Å². The Balaban J connectivity index is 0.925. The van der Waals surface area contributed by atoms with Crippen molar-refractivity contribution in [1.82, 2.24) is 34.3 Å². The topological polar surface area (TPSA) is 118 Å². The summed E-state index contributed by atoms with van der Waals surface area (Å²) in [5.41, 5.74) is 3.47. The highest BCUT2D eigenvalue weighted by atomic mass is 35.5. The van der Waals surface area contributed by atoms with Crippen LogP contribution < -0.4 is 20.2 Å². The molecule has 0 amide bonds. The standard InChI is InChI=1S/C35H40ClN9O4/c1-4-26(3)45-34(46)43(24-40-45)28-8-12-33(37-20-28)42-17-15-41(16-18-42)27-6-9-29(10-7-27)47-21-30-22-48-35(49-30,23-44-38-13-14-39-44)31-11-5-25(2)19-32(31)36/h5-14,19-20,24,26,30H,4,15-18,21-23H2,1-3H3/t26?,30-,35-/m1/s1. The molecule has 3 aromatic heterocycles. The number of halogens is 1. The van der Waals surface area contributed by atoms with Gasteiger partial charge in [0.15, 0.2) is 0 Å². The molecule has 5 aromatic rings. The first-order chi connectivity index (χ1) is 23.8. The lowest BCUT2D eigenvalue weighted by Crippen LogP contribution is -2.46. The average molecular weight is 686 g/mol. The largest absolute Gasteiger partial charge is 0.491 e. The lowest BCUT2D eigenvalue weighted by molar-refractivity contribution is -0.192. The van der Waals surface area contributed by atoms with Gasteiger partial charge in [-0.15, -0.1) is 0 Å². The van der Waals surface area contributed by atoms with Crippen LogP contribution in [0.4, 0.5) is 11.5 Å². The number of aromatic nitrogens is 7. The second-order valence-corrected chi connectivity index (χ2v) is 12.9. The summed E-state index contributed by atoms with van der Waals surface area (Å²) >= 11 is 6.66. The third-order valence-corrected chi connectivity index (χ3v) is 9.48. The van der Waals surface area contributed by atoms with Crippen LogP contribution in [0.1, 0.15) is 37.4 Å². The van der Waals surface area contributed by atoms with Crippen molar-refractivity contribution in [3.05, 3.63) is 106 Å². The molecule has 49 heavy (non-hydrogen) atoms. The maximum Gasteiger partial charge on any atom is 0.350 e. The van der Waals surface area contributed by atoms with Gasteiger partial charge in [0, 0.05) is 42.5 Å². The lowest BCUT2D eigenvalue weighted by Gasteiger charge is -2.36. The third-order valence-electron chi connectivity index (χ3n) is 9.16. The van der Waals surface area contributed by atoms with Crippen LogP contribution in [-0.4, -0.2) is 79.8 Å². The highest BCUT2D eigenvalue weighted by Gasteiger charge is 2.46. The number of hydrogen-bond donors (Lipinski definition) is 0. The zero-order chi connectivity index (χ0) is 34.0. The number of benzene rings is 2. The molecule has 2 fully saturated rings. The van der Waals surface area contributed by atoms with E-state index in [2.05, 4.69) is 42.2 Å². The molecule has 0 bridgehead atoms. The molecule has 2 aromatic carbocycles. The number of hydrogen-bond acceptors (Lipinski definition) is 10. The molecule has 0 N–H and O–H groups in total. The molecule has 0 radical (unpaired) electrons. The molecule has 0 saturated carbocycles. The zero-order valence-corrected chi connectivity index (χ0v) is 28.6. The molecule has 0 spiro atoms. The van der Waals surface area contributed by atoms with Crippen molar-refractivity contribution in [2.24, 2.45) is 0 Å². The number of pyridine rings is 1. The Labute approximate surface area is 289 Å². The van der Waals surface area contributed by atoms with Gasteiger partial charge >= 0.3 is 5.69 Å². The van der Waals surface area contributed by atoms with Crippen molar-refractivity contribution in [2.75, 3.05) is 49.2 Å². The Kier molecular flexibility index (Phi) is 9.39. The van der Waals surface area contributed by atoms with Gasteiger partial charge in [-0.25, -0.2) is 19.0 Å². The van der Waals surface area contributed by atoms with E-state index in [-0.39, 0.29) is 24.4 Å². The van der Waals surface area contributed by atoms with E-state index in [0.29, 0.717) is 23.9 Å². The van der Waals surface area contributed by atoms with E-state index in [4.69, 9.17) is 25.8 Å². The van der Waals surface area contributed by atoms with Crippen molar-refractivity contribution in [3.63, 3.8) is 0 Å². The monoisotopic (exact) mass is 685 g/mol. The van der Waals surface area contributed by atoms with E-state index in [9.17, 15) is 4.79 Å². The van der Waals surface area contributed by atoms with Crippen LogP contribution in [0.5, 0.6) is 5.75 Å². The Morgan fingerprint density at radius 1 is 0.980 bits per heavy atom. The summed E-state index contributed by atoms with van der Waals surface area (Å²) in [7, 11) is 0. The maximum absolute atomic E-state index is 12.8. The van der Waals surface area contributed by atoms with E-state index in [1.165, 1.54) is 9.25 Å². The number of ether oxygens (including phenoxy) is 3. The molecule has 14 heteroatoms. The minimum atomic E-state index is -1.13. The van der Waals surface area contributed by atoms with Gasteiger partial charge in [0.05, 0.1) is 36.9 Å². The van der Waals surface area contributed by atoms with Crippen molar-refractivity contribution in [1.29, 1.82) is 0 Å². The number of rotatable bonds is 11. The van der Waals surface area contributed by atoms with Gasteiger partial charge in [0.1, 0.15) is 37.2 Å². The molecule has 256 valence electrons. The van der Waals surface area contributed by atoms with Gasteiger partial charge < -0.3 is 24.0 Å². The van der Waals surface area contributed by atoms with Gasteiger partial charge in [-0.05, 0) is 68.3 Å². The summed E-state index contributed by atoms with van der Waals surface area (Å²) in [5.74, 6) is 0.518. The first kappa shape index (κ1) is 32.8. The molecule has 2 aliphatic heterocycles. The molecule has 0 aliphatic carbocycles. The molecule has 13 nitrogen and oxygen atoms in total. The first-order valence-corrected chi connectivity index (χ1v) is 17.0. The van der Waals surface area contributed by atoms with Gasteiger partial charge in [0.2, 0.25) is 5.79 Å². The van der Waals surface area contributed by atoms with E-state index in [1.807, 2.05) is 63.2 Å². The summed E-state index contributed by atoms with van der Waals surface area (Å²) in [6.45, 7) is 10.3. The summed E-state index contributed by atoms with van der Waals surface area (Å²) in [6.07, 6.45) is 7.07. The lowest BCUT2D eigenvalue weighted by atomic mass is 10.0. The molecular weight excluding hydrogens is 646 g/mol. The van der Waals surface area contributed by atoms with Crippen LogP contribution in [0.3, 0.4) is 0 Å². The van der Waals surface area contributed by atoms with E-state index in [1.54, 1.807) is 29.7 Å². The zero-order valence-electron chi connectivity index (χ0n) is 27.9. The minimum Gasteiger partial charge on any atom is -0.491 e. The average Bonchev–Trinajstić information content (AvgIpc) is 3.88. The fraction of sp³-hybridized carbons (Fsp3) is 0.400. The van der Waals surface area contributed by atoms with E-state index >= 15 is 0 Å². The van der Waals surface area contributed by atoms with E-state index < -0.39 is 5.79 Å². The summed E-state index contributed by atoms with van der Waals surface area (Å²) in [5, 5.41) is 13.4. The van der Waals surface area contributed by atoms with Crippen molar-refractivity contribution in [2.45, 2.75) is 51.7 Å². The highest BCUT2D eigenvalue weighted by molar-refractivity contribution is 6.31. The summed E-state index contributed by atoms with van der Waals surface area (Å²) in [6, 6.07) is 17.9. The van der Waals surface area contributed by atoms with Crippen LogP contribution in [0.15, 0.2) is 84.3 Å². The van der Waals surface area contributed by atoms with Gasteiger partial charge in [-0.2, -0.15) is 20.1 Å². The van der Waals surface area contributed by atoms with Gasteiger partial charge in [0.25, 0.3) is 0 Å². The molecule has 7 rings (SSSR count). The third kappa shape index (κ3) is 6.91. The number of aryl methyl sites for hydroxylation is 1. The van der Waals surface area contributed by atoms with Crippen LogP contribution in [0, 0.1) is 6.92 Å². The van der Waals surface area contributed by atoms with Gasteiger partial charge in [-0.3, -0.25) is 0 Å². The van der Waals surface area contributed by atoms with E-state index in [0.717, 1.165) is 61.0 Å². The number of anilines is 2. The quantitative estimate of drug-likeness (QED) is 0.195. The summed E-state index contributed by atoms with van der Waals surface area (Å²) in [4.78, 5) is 23.6. The Hall–Kier alpha value is -4.72. The fourth-order valence-corrected chi connectivity index (χ4v) is 6.59. The molecule has 1 unspecified atom stereocenters. The van der Waals surface area contributed by atoms with Crippen LogP contribution in [0.2, 0.25) is 5.02 Å². The Bertz CT molecular complexity index is 1900. The predicted octanol–water partition coefficient (Wildman–Crippen LogP) is 4.63. The second-order valence-electron chi connectivity index (χ2n) is 12.5. The fourth-order valence-electron chi connectivity index (χ4n) is 6.21. The maximum atomic E-state index is 12.8. The number of nitrogens with zero attached hydrogens (tertiary/aromatic N) is 9. The van der Waals surface area contributed by atoms with Crippen LogP contribution in [-0.2, 0) is 21.8 Å². The van der Waals surface area contributed by atoms with Crippen molar-refractivity contribution < 1.29 is 14.2 Å². The smallest absolute Gasteiger partial charge is 0.350 e. The van der Waals surface area contributed by atoms with Crippen LogP contribution >= 0.6 is 11.6 Å².